The zero-order valence-corrected chi connectivity index (χ0v) is 14.0. The van der Waals surface area contributed by atoms with Gasteiger partial charge >= 0.3 is 0 Å². The lowest BCUT2D eigenvalue weighted by Crippen LogP contribution is -2.52. The lowest BCUT2D eigenvalue weighted by molar-refractivity contribution is -0.143. The van der Waals surface area contributed by atoms with Gasteiger partial charge in [0.1, 0.15) is 0 Å². The van der Waals surface area contributed by atoms with Gasteiger partial charge in [0.25, 0.3) is 0 Å². The van der Waals surface area contributed by atoms with Gasteiger partial charge < -0.3 is 14.4 Å². The molecule has 0 aromatic heterocycles. The lowest BCUT2D eigenvalue weighted by atomic mass is 9.72. The maximum Gasteiger partial charge on any atom is 0.233 e. The molecule has 0 radical (unpaired) electrons. The van der Waals surface area contributed by atoms with Gasteiger partial charge in [-0.25, -0.2) is 0 Å². The summed E-state index contributed by atoms with van der Waals surface area (Å²) in [5, 5.41) is 0. The van der Waals surface area contributed by atoms with Crippen molar-refractivity contribution in [3.05, 3.63) is 35.9 Å². The van der Waals surface area contributed by atoms with Crippen LogP contribution in [0.5, 0.6) is 0 Å². The molecule has 0 unspecified atom stereocenters. The van der Waals surface area contributed by atoms with Gasteiger partial charge in [0.05, 0.1) is 5.41 Å². The van der Waals surface area contributed by atoms with Crippen LogP contribution < -0.4 is 0 Å². The quantitative estimate of drug-likeness (QED) is 0.857. The summed E-state index contributed by atoms with van der Waals surface area (Å²) in [4.78, 5) is 15.5. The lowest BCUT2D eigenvalue weighted by Gasteiger charge is -2.42. The van der Waals surface area contributed by atoms with E-state index in [1.54, 1.807) is 7.11 Å². The number of ether oxygens (including phenoxy) is 2. The second-order valence-corrected chi connectivity index (χ2v) is 6.75. The molecule has 0 atom stereocenters. The van der Waals surface area contributed by atoms with Gasteiger partial charge in [-0.2, -0.15) is 0 Å². The number of hydrogen-bond donors (Lipinski definition) is 0. The minimum atomic E-state index is -0.395. The first-order valence-corrected chi connectivity index (χ1v) is 8.68. The molecule has 2 fully saturated rings. The van der Waals surface area contributed by atoms with Crippen molar-refractivity contribution < 1.29 is 14.3 Å². The number of nitrogens with zero attached hydrogens (tertiary/aromatic N) is 1. The average molecular weight is 317 g/mol. The molecular formula is C19H27NO3. The van der Waals surface area contributed by atoms with E-state index < -0.39 is 5.41 Å². The van der Waals surface area contributed by atoms with E-state index >= 15 is 0 Å². The number of methoxy groups -OCH3 is 1. The molecule has 23 heavy (non-hydrogen) atoms. The first-order valence-electron chi connectivity index (χ1n) is 8.68. The van der Waals surface area contributed by atoms with Gasteiger partial charge in [-0.3, -0.25) is 4.79 Å². The van der Waals surface area contributed by atoms with Crippen LogP contribution in [-0.2, 0) is 19.7 Å². The van der Waals surface area contributed by atoms with Crippen molar-refractivity contribution in [3.8, 4) is 0 Å². The van der Waals surface area contributed by atoms with E-state index in [4.69, 9.17) is 9.47 Å². The molecular weight excluding hydrogens is 290 g/mol. The SMILES string of the molecule is COCC1CCN(C(=O)C2(c3ccccc3)CCOCC2)CC1. The van der Waals surface area contributed by atoms with Crippen molar-refractivity contribution in [1.29, 1.82) is 0 Å². The molecule has 1 aromatic rings. The monoisotopic (exact) mass is 317 g/mol. The number of likely N-dealkylation sites (tertiary alicyclic amines) is 1. The Morgan fingerprint density at radius 2 is 1.87 bits per heavy atom. The maximum absolute atomic E-state index is 13.4. The minimum Gasteiger partial charge on any atom is -0.384 e. The van der Waals surface area contributed by atoms with Crippen LogP contribution in [0.25, 0.3) is 0 Å². The van der Waals surface area contributed by atoms with Gasteiger partial charge in [0.15, 0.2) is 0 Å². The second kappa shape index (κ2) is 7.45. The molecule has 0 saturated carbocycles. The van der Waals surface area contributed by atoms with E-state index in [1.165, 1.54) is 0 Å². The number of piperidine rings is 1. The third kappa shape index (κ3) is 3.43. The van der Waals surface area contributed by atoms with Crippen LogP contribution in [0, 0.1) is 5.92 Å². The largest absolute Gasteiger partial charge is 0.384 e. The molecule has 126 valence electrons. The van der Waals surface area contributed by atoms with Crippen molar-refractivity contribution >= 4 is 5.91 Å². The molecule has 1 amide bonds. The topological polar surface area (TPSA) is 38.8 Å². The minimum absolute atomic E-state index is 0.294. The van der Waals surface area contributed by atoms with E-state index in [9.17, 15) is 4.79 Å². The Kier molecular flexibility index (Phi) is 5.34. The van der Waals surface area contributed by atoms with Gasteiger partial charge in [-0.05, 0) is 37.2 Å². The average Bonchev–Trinajstić information content (AvgIpc) is 2.63. The highest BCUT2D eigenvalue weighted by Gasteiger charge is 2.44. The van der Waals surface area contributed by atoms with Crippen molar-refractivity contribution in [1.82, 2.24) is 4.90 Å². The Labute approximate surface area is 138 Å². The van der Waals surface area contributed by atoms with Crippen LogP contribution in [0.2, 0.25) is 0 Å². The fourth-order valence-electron chi connectivity index (χ4n) is 3.94. The molecule has 4 heteroatoms. The smallest absolute Gasteiger partial charge is 0.233 e. The Morgan fingerprint density at radius 1 is 1.22 bits per heavy atom. The van der Waals surface area contributed by atoms with E-state index in [1.807, 2.05) is 18.2 Å². The van der Waals surface area contributed by atoms with Crippen LogP contribution in [-0.4, -0.2) is 50.8 Å². The van der Waals surface area contributed by atoms with Crippen LogP contribution in [0.15, 0.2) is 30.3 Å². The second-order valence-electron chi connectivity index (χ2n) is 6.75. The number of rotatable bonds is 4. The molecule has 2 saturated heterocycles. The Bertz CT molecular complexity index is 503. The Morgan fingerprint density at radius 3 is 2.48 bits per heavy atom. The number of hydrogen-bond acceptors (Lipinski definition) is 3. The number of amides is 1. The molecule has 3 rings (SSSR count). The number of carbonyl (C=O) groups excluding carboxylic acids is 1. The number of carbonyl (C=O) groups is 1. The van der Waals surface area contributed by atoms with Crippen molar-refractivity contribution in [2.45, 2.75) is 31.1 Å². The number of benzene rings is 1. The van der Waals surface area contributed by atoms with Gasteiger partial charge in [0.2, 0.25) is 5.91 Å². The highest BCUT2D eigenvalue weighted by Crippen LogP contribution is 2.37. The Hall–Kier alpha value is -1.39. The predicted molar refractivity (Wildman–Crippen MR) is 89.4 cm³/mol. The third-order valence-electron chi connectivity index (χ3n) is 5.39. The molecule has 2 aliphatic heterocycles. The summed E-state index contributed by atoms with van der Waals surface area (Å²) in [6, 6.07) is 10.3. The summed E-state index contributed by atoms with van der Waals surface area (Å²) < 4.78 is 10.8. The van der Waals surface area contributed by atoms with E-state index in [0.717, 1.165) is 50.9 Å². The molecule has 0 aliphatic carbocycles. The van der Waals surface area contributed by atoms with Crippen LogP contribution in [0.4, 0.5) is 0 Å². The van der Waals surface area contributed by atoms with E-state index in [-0.39, 0.29) is 0 Å². The van der Waals surface area contributed by atoms with Crippen molar-refractivity contribution in [2.24, 2.45) is 5.92 Å². The Balaban J connectivity index is 1.77. The maximum atomic E-state index is 13.4. The summed E-state index contributed by atoms with van der Waals surface area (Å²) in [5.41, 5.74) is 0.750. The highest BCUT2D eigenvalue weighted by atomic mass is 16.5. The summed E-state index contributed by atoms with van der Waals surface area (Å²) in [6.07, 6.45) is 3.66. The fourth-order valence-corrected chi connectivity index (χ4v) is 3.94. The standard InChI is InChI=1S/C19H27NO3/c1-22-15-16-7-11-20(12-8-16)18(21)19(9-13-23-14-10-19)17-5-3-2-4-6-17/h2-6,16H,7-15H2,1H3. The summed E-state index contributed by atoms with van der Waals surface area (Å²) in [5.74, 6) is 0.884. The van der Waals surface area contributed by atoms with Crippen molar-refractivity contribution in [2.75, 3.05) is 40.0 Å². The molecule has 0 bridgehead atoms. The molecule has 0 N–H and O–H groups in total. The fraction of sp³-hybridized carbons (Fsp3) is 0.632. The third-order valence-corrected chi connectivity index (χ3v) is 5.39. The zero-order chi connectivity index (χ0) is 16.1. The van der Waals surface area contributed by atoms with Crippen LogP contribution in [0.3, 0.4) is 0 Å². The molecule has 2 aliphatic rings. The highest BCUT2D eigenvalue weighted by molar-refractivity contribution is 5.88. The van der Waals surface area contributed by atoms with Gasteiger partial charge in [0, 0.05) is 40.0 Å². The summed E-state index contributed by atoms with van der Waals surface area (Å²) in [6.45, 7) is 3.84. The van der Waals surface area contributed by atoms with Crippen molar-refractivity contribution in [3.63, 3.8) is 0 Å². The molecule has 2 heterocycles. The van der Waals surface area contributed by atoms with Crippen LogP contribution >= 0.6 is 0 Å². The normalized spacial score (nSPS) is 22.0. The predicted octanol–water partition coefficient (Wildman–Crippen LogP) is 2.62. The summed E-state index contributed by atoms with van der Waals surface area (Å²) in [7, 11) is 1.75. The van der Waals surface area contributed by atoms with E-state index in [0.29, 0.717) is 25.0 Å². The van der Waals surface area contributed by atoms with Crippen LogP contribution in [0.1, 0.15) is 31.2 Å². The van der Waals surface area contributed by atoms with Gasteiger partial charge in [-0.15, -0.1) is 0 Å². The van der Waals surface area contributed by atoms with Gasteiger partial charge in [-0.1, -0.05) is 30.3 Å². The first kappa shape index (κ1) is 16.5. The van der Waals surface area contributed by atoms with E-state index in [2.05, 4.69) is 17.0 Å². The zero-order valence-electron chi connectivity index (χ0n) is 14.0. The molecule has 4 nitrogen and oxygen atoms in total. The molecule has 0 spiro atoms. The molecule has 1 aromatic carbocycles. The summed E-state index contributed by atoms with van der Waals surface area (Å²) >= 11 is 0. The first-order chi connectivity index (χ1) is 11.3.